The van der Waals surface area contributed by atoms with Crippen molar-refractivity contribution in [2.45, 2.75) is 70.4 Å². The zero-order valence-electron chi connectivity index (χ0n) is 23.2. The van der Waals surface area contributed by atoms with Gasteiger partial charge in [-0.15, -0.1) is 0 Å². The number of anilines is 1. The fraction of sp³-hybridized carbons (Fsp3) is 0.424. The monoisotopic (exact) mass is 512 g/mol. The van der Waals surface area contributed by atoms with E-state index in [-0.39, 0.29) is 5.92 Å². The Kier molecular flexibility index (Phi) is 6.24. The predicted molar refractivity (Wildman–Crippen MR) is 159 cm³/mol. The molecule has 6 rings (SSSR count). The molecule has 3 aromatic carbocycles. The topological polar surface area (TPSA) is 32.3 Å². The van der Waals surface area contributed by atoms with E-state index in [9.17, 15) is 4.79 Å². The van der Waals surface area contributed by atoms with Crippen LogP contribution in [0.2, 0.25) is 0 Å². The molecule has 0 aromatic heterocycles. The van der Waals surface area contributed by atoms with Crippen LogP contribution in [0.25, 0.3) is 22.3 Å². The van der Waals surface area contributed by atoms with Crippen molar-refractivity contribution < 1.29 is 4.79 Å². The summed E-state index contributed by atoms with van der Waals surface area (Å²) in [5.41, 5.74) is 16.2. The molecule has 3 nitrogen and oxygen atoms in total. The lowest BCUT2D eigenvalue weighted by Crippen LogP contribution is -2.19. The second-order valence-electron chi connectivity index (χ2n) is 11.6. The smallest absolute Gasteiger partial charge is 0.140 e. The highest BCUT2D eigenvalue weighted by molar-refractivity contribution is 8.14. The van der Waals surface area contributed by atoms with E-state index >= 15 is 0 Å². The van der Waals surface area contributed by atoms with Gasteiger partial charge in [0.15, 0.2) is 0 Å². The van der Waals surface area contributed by atoms with Crippen LogP contribution in [0.3, 0.4) is 0 Å². The molecule has 1 fully saturated rings. The predicted octanol–water partition coefficient (Wildman–Crippen LogP) is 7.48. The molecule has 4 heteroatoms. The van der Waals surface area contributed by atoms with Crippen LogP contribution in [0.15, 0.2) is 35.2 Å². The van der Waals surface area contributed by atoms with E-state index in [4.69, 9.17) is 0 Å². The third-order valence-electron chi connectivity index (χ3n) is 8.82. The van der Waals surface area contributed by atoms with Gasteiger partial charge in [0, 0.05) is 35.2 Å². The molecule has 194 valence electrons. The van der Waals surface area contributed by atoms with Crippen molar-refractivity contribution in [3.05, 3.63) is 69.3 Å². The second-order valence-corrected chi connectivity index (χ2v) is 14.0. The van der Waals surface area contributed by atoms with E-state index in [1.807, 2.05) is 0 Å². The van der Waals surface area contributed by atoms with Crippen molar-refractivity contribution in [1.82, 2.24) is 4.31 Å². The number of nitrogens with zero attached hydrogens (tertiary/aromatic N) is 1. The lowest BCUT2D eigenvalue weighted by Gasteiger charge is -2.39. The summed E-state index contributed by atoms with van der Waals surface area (Å²) < 4.78 is 2.43. The number of nitrogens with one attached hydrogen (secondary N) is 1. The van der Waals surface area contributed by atoms with Crippen LogP contribution in [0.1, 0.15) is 58.2 Å². The molecule has 3 aromatic rings. The number of thiol groups is 1. The molecule has 37 heavy (non-hydrogen) atoms. The molecule has 1 atom stereocenters. The van der Waals surface area contributed by atoms with Gasteiger partial charge >= 0.3 is 0 Å². The first-order valence-electron chi connectivity index (χ1n) is 13.9. The average Bonchev–Trinajstić information content (AvgIpc) is 3.73. The van der Waals surface area contributed by atoms with E-state index in [1.165, 1.54) is 78.2 Å². The van der Waals surface area contributed by atoms with Crippen LogP contribution in [0.4, 0.5) is 5.69 Å². The van der Waals surface area contributed by atoms with Crippen LogP contribution in [-0.4, -0.2) is 30.7 Å². The minimum Gasteiger partial charge on any atom is -0.385 e. The zero-order chi connectivity index (χ0) is 26.0. The van der Waals surface area contributed by atoms with Gasteiger partial charge in [0.2, 0.25) is 0 Å². The number of carbonyl (C=O) groups excluding carboxylic acids is 1. The summed E-state index contributed by atoms with van der Waals surface area (Å²) in [4.78, 5) is 14.8. The van der Waals surface area contributed by atoms with Crippen molar-refractivity contribution >= 4 is 22.6 Å². The molecule has 0 saturated heterocycles. The molecule has 0 spiro atoms. The number of carbonyl (C=O) groups is 1. The molecular weight excluding hydrogens is 472 g/mol. The first-order valence-corrected chi connectivity index (χ1v) is 15.3. The molecule has 1 unspecified atom stereocenters. The summed E-state index contributed by atoms with van der Waals surface area (Å²) in [6, 6.07) is 11.7. The number of ketones is 1. The number of benzene rings is 3. The van der Waals surface area contributed by atoms with E-state index in [2.05, 4.69) is 81.7 Å². The van der Waals surface area contributed by atoms with Gasteiger partial charge in [-0.1, -0.05) is 35.9 Å². The molecule has 0 radical (unpaired) electrons. The SMILES string of the molecule is Cc1ccc2c(c1)-c1c(C)c(-c3ccc4c(c3C)NCCC4)c(CC(=O)C3CC3)c(C)c1[SH](N(C)C)C2. The molecule has 1 aliphatic carbocycles. The number of hydrogen-bond acceptors (Lipinski definition) is 3. The minimum absolute atomic E-state index is 0.272. The van der Waals surface area contributed by atoms with Crippen molar-refractivity contribution in [1.29, 1.82) is 0 Å². The van der Waals surface area contributed by atoms with Crippen LogP contribution in [-0.2, 0) is 23.4 Å². The highest BCUT2D eigenvalue weighted by Crippen LogP contribution is 2.57. The molecule has 2 aliphatic heterocycles. The summed E-state index contributed by atoms with van der Waals surface area (Å²) >= 11 is -0.508. The van der Waals surface area contributed by atoms with Crippen LogP contribution in [0, 0.1) is 33.6 Å². The Morgan fingerprint density at radius 2 is 1.70 bits per heavy atom. The van der Waals surface area contributed by atoms with Crippen molar-refractivity contribution in [2.75, 3.05) is 26.0 Å². The van der Waals surface area contributed by atoms with Gasteiger partial charge in [0.05, 0.1) is 0 Å². The van der Waals surface area contributed by atoms with Gasteiger partial charge in [-0.25, -0.2) is 0 Å². The van der Waals surface area contributed by atoms with Gasteiger partial charge in [-0.2, -0.15) is 11.1 Å². The summed E-state index contributed by atoms with van der Waals surface area (Å²) in [5.74, 6) is 1.77. The maximum Gasteiger partial charge on any atom is 0.140 e. The van der Waals surface area contributed by atoms with Crippen LogP contribution < -0.4 is 5.32 Å². The molecular formula is C33H40N2OS. The lowest BCUT2D eigenvalue weighted by atomic mass is 9.81. The molecule has 0 bridgehead atoms. The fourth-order valence-electron chi connectivity index (χ4n) is 6.64. The number of hydrogen-bond donors (Lipinski definition) is 2. The van der Waals surface area contributed by atoms with E-state index in [0.29, 0.717) is 12.2 Å². The van der Waals surface area contributed by atoms with E-state index < -0.39 is 11.1 Å². The normalized spacial score (nSPS) is 19.2. The maximum absolute atomic E-state index is 13.3. The minimum atomic E-state index is -0.508. The Morgan fingerprint density at radius 1 is 0.946 bits per heavy atom. The molecule has 0 amide bonds. The highest BCUT2D eigenvalue weighted by atomic mass is 32.2. The first-order chi connectivity index (χ1) is 17.8. The van der Waals surface area contributed by atoms with Crippen molar-refractivity contribution in [3.63, 3.8) is 0 Å². The number of aryl methyl sites for hydroxylation is 2. The Bertz CT molecular complexity index is 1430. The average molecular weight is 513 g/mol. The van der Waals surface area contributed by atoms with Gasteiger partial charge in [-0.3, -0.25) is 9.10 Å². The third-order valence-corrected chi connectivity index (χ3v) is 11.5. The molecule has 1 N–H and O–H groups in total. The molecule has 2 heterocycles. The lowest BCUT2D eigenvalue weighted by molar-refractivity contribution is -0.119. The van der Waals surface area contributed by atoms with Crippen molar-refractivity contribution in [3.8, 4) is 22.3 Å². The van der Waals surface area contributed by atoms with Gasteiger partial charge in [0.25, 0.3) is 0 Å². The standard InChI is InChI=1S/C33H40N2OS/c1-19-9-10-25-18-37(35(5)6)33-21(3)27(17-29(36)23-11-12-23)30(22(4)31(33)28(25)16-19)26-14-13-24-8-7-15-34-32(24)20(26)2/h9-10,13-14,16,23,34,37H,7-8,11-12,15,17-18H2,1-6H3. The maximum atomic E-state index is 13.3. The fourth-order valence-corrected chi connectivity index (χ4v) is 9.14. The Balaban J connectivity index is 1.67. The van der Waals surface area contributed by atoms with Gasteiger partial charge in [-0.05, 0) is 123 Å². The first kappa shape index (κ1) is 24.8. The van der Waals surface area contributed by atoms with E-state index in [0.717, 1.165) is 31.6 Å². The van der Waals surface area contributed by atoms with Crippen molar-refractivity contribution in [2.24, 2.45) is 5.92 Å². The Morgan fingerprint density at radius 3 is 2.43 bits per heavy atom. The van der Waals surface area contributed by atoms with Gasteiger partial charge < -0.3 is 5.32 Å². The summed E-state index contributed by atoms with van der Waals surface area (Å²) in [5, 5.41) is 3.70. The number of rotatable bonds is 5. The Hall–Kier alpha value is -2.56. The summed E-state index contributed by atoms with van der Waals surface area (Å²) in [6.45, 7) is 10.1. The highest BCUT2D eigenvalue weighted by Gasteiger charge is 2.34. The second kappa shape index (κ2) is 9.32. The van der Waals surface area contributed by atoms with Crippen LogP contribution >= 0.6 is 11.1 Å². The van der Waals surface area contributed by atoms with E-state index in [1.54, 1.807) is 0 Å². The number of fused-ring (bicyclic) bond motifs is 4. The summed E-state index contributed by atoms with van der Waals surface area (Å²) in [7, 11) is 4.46. The quantitative estimate of drug-likeness (QED) is 0.348. The number of Topliss-reactive ketones (excluding diaryl/α,β-unsaturated/α-hetero) is 1. The third kappa shape index (κ3) is 4.13. The zero-order valence-corrected chi connectivity index (χ0v) is 24.1. The Labute approximate surface area is 225 Å². The summed E-state index contributed by atoms with van der Waals surface area (Å²) in [6.07, 6.45) is 5.01. The van der Waals surface area contributed by atoms with Gasteiger partial charge in [0.1, 0.15) is 5.78 Å². The largest absolute Gasteiger partial charge is 0.385 e. The molecule has 3 aliphatic rings. The van der Waals surface area contributed by atoms with Crippen LogP contribution in [0.5, 0.6) is 0 Å². The molecule has 1 saturated carbocycles.